The average Bonchev–Trinajstić information content (AvgIpc) is 3.13. The highest BCUT2D eigenvalue weighted by atomic mass is 19.4. The van der Waals surface area contributed by atoms with Crippen LogP contribution in [0.2, 0.25) is 0 Å². The first-order valence-corrected chi connectivity index (χ1v) is 10.3. The number of amides is 1. The number of aromatic amines is 1. The number of nitrogens with zero attached hydrogens (tertiary/aromatic N) is 2. The molecule has 3 aromatic rings. The number of aromatic nitrogens is 2. The molecule has 31 heavy (non-hydrogen) atoms. The summed E-state index contributed by atoms with van der Waals surface area (Å²) in [6.45, 7) is 6.70. The molecule has 0 spiro atoms. The second-order valence-electron chi connectivity index (χ2n) is 8.11. The topological polar surface area (TPSA) is 49.0 Å². The van der Waals surface area contributed by atoms with E-state index >= 15 is 0 Å². The number of rotatable bonds is 4. The van der Waals surface area contributed by atoms with E-state index in [1.807, 2.05) is 6.92 Å². The Morgan fingerprint density at radius 1 is 1.13 bits per heavy atom. The van der Waals surface area contributed by atoms with Gasteiger partial charge in [-0.3, -0.25) is 4.79 Å². The van der Waals surface area contributed by atoms with Gasteiger partial charge in [0, 0.05) is 36.6 Å². The number of imidazole rings is 1. The molecule has 1 aliphatic rings. The molecule has 4 rings (SSSR count). The first-order valence-electron chi connectivity index (χ1n) is 10.3. The number of carbonyl (C=O) groups is 1. The standard InChI is InChI=1S/C24H24F3N3O/c1-4-20-28-21(22(29-20)24(25,26)27)19-11-17(10-7-15(19)3)23(31)30-12-18(13-30)16-8-5-14(2)6-9-16/h5-11,18H,4,12-13H2,1-3H3,(H,28,29). The lowest BCUT2D eigenvalue weighted by molar-refractivity contribution is -0.140. The van der Waals surface area contributed by atoms with Crippen molar-refractivity contribution in [1.82, 2.24) is 14.9 Å². The van der Waals surface area contributed by atoms with Crippen molar-refractivity contribution in [1.29, 1.82) is 0 Å². The van der Waals surface area contributed by atoms with Crippen molar-refractivity contribution < 1.29 is 18.0 Å². The highest BCUT2D eigenvalue weighted by molar-refractivity contribution is 5.96. The van der Waals surface area contributed by atoms with Crippen molar-refractivity contribution in [2.75, 3.05) is 13.1 Å². The van der Waals surface area contributed by atoms with Crippen LogP contribution in [0.3, 0.4) is 0 Å². The number of nitrogens with one attached hydrogen (secondary N) is 1. The summed E-state index contributed by atoms with van der Waals surface area (Å²) in [4.78, 5) is 21.2. The number of H-pyrrole nitrogens is 1. The lowest BCUT2D eigenvalue weighted by Gasteiger charge is -2.39. The molecule has 1 amide bonds. The molecule has 2 aromatic carbocycles. The molecule has 0 atom stereocenters. The Morgan fingerprint density at radius 2 is 1.81 bits per heavy atom. The number of carbonyl (C=O) groups excluding carboxylic acids is 1. The Labute approximate surface area is 179 Å². The third-order valence-corrected chi connectivity index (χ3v) is 5.83. The average molecular weight is 427 g/mol. The van der Waals surface area contributed by atoms with Crippen LogP contribution >= 0.6 is 0 Å². The van der Waals surface area contributed by atoms with Crippen LogP contribution < -0.4 is 0 Å². The number of alkyl halides is 3. The van der Waals surface area contributed by atoms with Crippen LogP contribution in [0.1, 0.15) is 51.4 Å². The smallest absolute Gasteiger partial charge is 0.341 e. The molecule has 162 valence electrons. The first kappa shape index (κ1) is 21.2. The summed E-state index contributed by atoms with van der Waals surface area (Å²) in [6.07, 6.45) is -4.22. The maximum atomic E-state index is 13.5. The summed E-state index contributed by atoms with van der Waals surface area (Å²) in [5, 5.41) is 0. The maximum Gasteiger partial charge on any atom is 0.435 e. The molecule has 0 saturated carbocycles. The van der Waals surface area contributed by atoms with E-state index in [4.69, 9.17) is 0 Å². The van der Waals surface area contributed by atoms with Crippen LogP contribution in [0.4, 0.5) is 13.2 Å². The zero-order valence-electron chi connectivity index (χ0n) is 17.7. The van der Waals surface area contributed by atoms with E-state index in [9.17, 15) is 18.0 Å². The van der Waals surface area contributed by atoms with Crippen molar-refractivity contribution in [2.45, 2.75) is 39.3 Å². The number of benzene rings is 2. The maximum absolute atomic E-state index is 13.5. The molecule has 1 N–H and O–H groups in total. The van der Waals surface area contributed by atoms with Gasteiger partial charge in [0.05, 0.1) is 5.69 Å². The van der Waals surface area contributed by atoms with Gasteiger partial charge < -0.3 is 9.88 Å². The molecule has 1 saturated heterocycles. The molecule has 4 nitrogen and oxygen atoms in total. The summed E-state index contributed by atoms with van der Waals surface area (Å²) >= 11 is 0. The summed E-state index contributed by atoms with van der Waals surface area (Å²) in [5.74, 6) is 0.376. The number of hydrogen-bond acceptors (Lipinski definition) is 2. The number of halogens is 3. The largest absolute Gasteiger partial charge is 0.435 e. The number of likely N-dealkylation sites (tertiary alicyclic amines) is 1. The van der Waals surface area contributed by atoms with Gasteiger partial charge in [0.1, 0.15) is 5.82 Å². The van der Waals surface area contributed by atoms with Crippen LogP contribution in [0.5, 0.6) is 0 Å². The molecule has 0 bridgehead atoms. The highest BCUT2D eigenvalue weighted by Crippen LogP contribution is 2.37. The van der Waals surface area contributed by atoms with Gasteiger partial charge in [-0.2, -0.15) is 13.2 Å². The van der Waals surface area contributed by atoms with Crippen molar-refractivity contribution in [3.05, 3.63) is 76.2 Å². The monoisotopic (exact) mass is 427 g/mol. The van der Waals surface area contributed by atoms with Gasteiger partial charge in [0.15, 0.2) is 5.69 Å². The van der Waals surface area contributed by atoms with Crippen LogP contribution in [0, 0.1) is 13.8 Å². The van der Waals surface area contributed by atoms with Crippen molar-refractivity contribution in [3.63, 3.8) is 0 Å². The molecule has 0 unspecified atom stereocenters. The number of aryl methyl sites for hydroxylation is 3. The van der Waals surface area contributed by atoms with Crippen molar-refractivity contribution in [3.8, 4) is 11.3 Å². The predicted molar refractivity (Wildman–Crippen MR) is 113 cm³/mol. The minimum absolute atomic E-state index is 0.0855. The molecule has 1 fully saturated rings. The summed E-state index contributed by atoms with van der Waals surface area (Å²) in [5.41, 5.74) is 2.72. The molecular weight excluding hydrogens is 403 g/mol. The predicted octanol–water partition coefficient (Wildman–Crippen LogP) is 5.51. The molecule has 7 heteroatoms. The highest BCUT2D eigenvalue weighted by Gasteiger charge is 2.38. The van der Waals surface area contributed by atoms with E-state index in [2.05, 4.69) is 34.2 Å². The SMILES string of the molecule is CCc1nc(C(F)(F)F)c(-c2cc(C(=O)N3CC(c4ccc(C)cc4)C3)ccc2C)[nH]1. The normalized spacial score (nSPS) is 14.6. The van der Waals surface area contributed by atoms with Crippen LogP contribution in [0.25, 0.3) is 11.3 Å². The Hall–Kier alpha value is -3.09. The van der Waals surface area contributed by atoms with E-state index in [1.54, 1.807) is 36.9 Å². The minimum Gasteiger partial charge on any atom is -0.341 e. The fraction of sp³-hybridized carbons (Fsp3) is 0.333. The van der Waals surface area contributed by atoms with E-state index in [0.717, 1.165) is 0 Å². The number of hydrogen-bond donors (Lipinski definition) is 1. The molecule has 0 radical (unpaired) electrons. The molecule has 0 aliphatic carbocycles. The third-order valence-electron chi connectivity index (χ3n) is 5.83. The minimum atomic E-state index is -4.58. The van der Waals surface area contributed by atoms with Crippen LogP contribution in [0.15, 0.2) is 42.5 Å². The zero-order chi connectivity index (χ0) is 22.3. The van der Waals surface area contributed by atoms with Crippen LogP contribution in [-0.2, 0) is 12.6 Å². The summed E-state index contributed by atoms with van der Waals surface area (Å²) in [7, 11) is 0. The van der Waals surface area contributed by atoms with Gasteiger partial charge in [-0.15, -0.1) is 0 Å². The molecule has 2 heterocycles. The van der Waals surface area contributed by atoms with Gasteiger partial charge >= 0.3 is 6.18 Å². The second-order valence-corrected chi connectivity index (χ2v) is 8.11. The third kappa shape index (κ3) is 4.09. The molecule has 1 aromatic heterocycles. The summed E-state index contributed by atoms with van der Waals surface area (Å²) in [6, 6.07) is 13.2. The van der Waals surface area contributed by atoms with Gasteiger partial charge in [-0.25, -0.2) is 4.98 Å². The van der Waals surface area contributed by atoms with Crippen molar-refractivity contribution in [2.24, 2.45) is 0 Å². The molecular formula is C24H24F3N3O. The lowest BCUT2D eigenvalue weighted by atomic mass is 9.90. The quantitative estimate of drug-likeness (QED) is 0.597. The Morgan fingerprint density at radius 3 is 2.42 bits per heavy atom. The van der Waals surface area contributed by atoms with E-state index in [1.165, 1.54) is 11.1 Å². The summed E-state index contributed by atoms with van der Waals surface area (Å²) < 4.78 is 40.6. The fourth-order valence-corrected chi connectivity index (χ4v) is 3.89. The van der Waals surface area contributed by atoms with Gasteiger partial charge in [-0.05, 0) is 37.1 Å². The Bertz CT molecular complexity index is 1110. The van der Waals surface area contributed by atoms with E-state index in [-0.39, 0.29) is 23.3 Å². The Kier molecular flexibility index (Phi) is 5.37. The fourth-order valence-electron chi connectivity index (χ4n) is 3.89. The van der Waals surface area contributed by atoms with Gasteiger partial charge in [-0.1, -0.05) is 42.8 Å². The lowest BCUT2D eigenvalue weighted by Crippen LogP contribution is -2.48. The molecule has 1 aliphatic heterocycles. The van der Waals surface area contributed by atoms with Crippen molar-refractivity contribution >= 4 is 5.91 Å². The van der Waals surface area contributed by atoms with Gasteiger partial charge in [0.2, 0.25) is 0 Å². The van der Waals surface area contributed by atoms with Crippen LogP contribution in [-0.4, -0.2) is 33.9 Å². The van der Waals surface area contributed by atoms with Gasteiger partial charge in [0.25, 0.3) is 5.91 Å². The Balaban J connectivity index is 1.59. The van der Waals surface area contributed by atoms with E-state index < -0.39 is 11.9 Å². The first-order chi connectivity index (χ1) is 14.7. The van der Waals surface area contributed by atoms with E-state index in [0.29, 0.717) is 36.2 Å². The zero-order valence-corrected chi connectivity index (χ0v) is 17.7. The second kappa shape index (κ2) is 7.87.